The predicted octanol–water partition coefficient (Wildman–Crippen LogP) is 3.26. The van der Waals surface area contributed by atoms with Gasteiger partial charge < -0.3 is 15.0 Å². The smallest absolute Gasteiger partial charge is 0.325 e. The Hall–Kier alpha value is -2.65. The summed E-state index contributed by atoms with van der Waals surface area (Å²) in [6.45, 7) is 4.39. The summed E-state index contributed by atoms with van der Waals surface area (Å²) in [7, 11) is 0. The first-order valence-corrected chi connectivity index (χ1v) is 11.0. The summed E-state index contributed by atoms with van der Waals surface area (Å²) >= 11 is 4.95. The first kappa shape index (κ1) is 20.6. The second-order valence-corrected chi connectivity index (χ2v) is 9.64. The number of amides is 4. The van der Waals surface area contributed by atoms with Crippen LogP contribution in [-0.4, -0.2) is 47.3 Å². The largest absolute Gasteiger partial charge is 0.493 e. The standard InChI is InChI=1S/C21H20BrN3O4S/c1-2-10-24(12-14-7-8-17(22)30-14)18(26)13-25-19(27)21(23-20(25)28)9-11-29-16-6-4-3-5-15(16)21/h2-8H,1,9-13H2,(H,23,28)/t21-/m1/s1. The van der Waals surface area contributed by atoms with Gasteiger partial charge in [-0.3, -0.25) is 14.5 Å². The topological polar surface area (TPSA) is 79.0 Å². The van der Waals surface area contributed by atoms with Gasteiger partial charge in [0.15, 0.2) is 5.54 Å². The summed E-state index contributed by atoms with van der Waals surface area (Å²) in [4.78, 5) is 42.6. The molecule has 1 aromatic heterocycles. The first-order chi connectivity index (χ1) is 14.4. The van der Waals surface area contributed by atoms with Crippen molar-refractivity contribution in [1.82, 2.24) is 15.1 Å². The number of ether oxygens (including phenoxy) is 1. The van der Waals surface area contributed by atoms with Gasteiger partial charge in [-0.1, -0.05) is 24.3 Å². The molecule has 2 aliphatic rings. The monoisotopic (exact) mass is 489 g/mol. The minimum Gasteiger partial charge on any atom is -0.493 e. The molecule has 3 heterocycles. The van der Waals surface area contributed by atoms with Crippen LogP contribution in [0.2, 0.25) is 0 Å². The maximum absolute atomic E-state index is 13.3. The van der Waals surface area contributed by atoms with Gasteiger partial charge in [0.25, 0.3) is 5.91 Å². The highest BCUT2D eigenvalue weighted by molar-refractivity contribution is 9.11. The van der Waals surface area contributed by atoms with E-state index in [2.05, 4.69) is 27.8 Å². The highest BCUT2D eigenvalue weighted by atomic mass is 79.9. The Balaban J connectivity index is 1.54. The van der Waals surface area contributed by atoms with Crippen molar-refractivity contribution >= 4 is 45.1 Å². The zero-order valence-corrected chi connectivity index (χ0v) is 18.5. The van der Waals surface area contributed by atoms with Crippen LogP contribution in [0.15, 0.2) is 52.8 Å². The highest BCUT2D eigenvalue weighted by Gasteiger charge is 2.55. The van der Waals surface area contributed by atoms with Crippen LogP contribution in [0.25, 0.3) is 0 Å². The molecule has 9 heteroatoms. The molecule has 0 bridgehead atoms. The van der Waals surface area contributed by atoms with E-state index in [1.54, 1.807) is 29.2 Å². The molecule has 1 spiro atoms. The van der Waals surface area contributed by atoms with Crippen LogP contribution in [0.5, 0.6) is 5.75 Å². The molecule has 0 unspecified atom stereocenters. The molecule has 156 valence electrons. The molecule has 1 atom stereocenters. The Kier molecular flexibility index (Phi) is 5.66. The van der Waals surface area contributed by atoms with Gasteiger partial charge in [0.2, 0.25) is 5.91 Å². The quantitative estimate of drug-likeness (QED) is 0.498. The van der Waals surface area contributed by atoms with Crippen molar-refractivity contribution in [3.63, 3.8) is 0 Å². The van der Waals surface area contributed by atoms with Gasteiger partial charge >= 0.3 is 6.03 Å². The van der Waals surface area contributed by atoms with E-state index in [0.29, 0.717) is 37.4 Å². The Labute approximate surface area is 186 Å². The number of urea groups is 1. The number of thiophene rings is 1. The molecule has 1 aromatic carbocycles. The summed E-state index contributed by atoms with van der Waals surface area (Å²) in [5, 5.41) is 2.82. The van der Waals surface area contributed by atoms with Crippen LogP contribution in [0, 0.1) is 0 Å². The van der Waals surface area contributed by atoms with E-state index in [9.17, 15) is 14.4 Å². The number of nitrogens with zero attached hydrogens (tertiary/aromatic N) is 2. The number of carbonyl (C=O) groups excluding carboxylic acids is 3. The summed E-state index contributed by atoms with van der Waals surface area (Å²) in [5.41, 5.74) is -0.565. The zero-order valence-electron chi connectivity index (χ0n) is 16.1. The maximum Gasteiger partial charge on any atom is 0.325 e. The van der Waals surface area contributed by atoms with Crippen molar-refractivity contribution < 1.29 is 19.1 Å². The number of halogens is 1. The van der Waals surface area contributed by atoms with Crippen LogP contribution in [0.4, 0.5) is 4.79 Å². The van der Waals surface area contributed by atoms with Crippen molar-refractivity contribution in [3.8, 4) is 5.75 Å². The Morgan fingerprint density at radius 1 is 1.33 bits per heavy atom. The second kappa shape index (κ2) is 8.23. The second-order valence-electron chi connectivity index (χ2n) is 7.09. The highest BCUT2D eigenvalue weighted by Crippen LogP contribution is 2.40. The summed E-state index contributed by atoms with van der Waals surface area (Å²) < 4.78 is 6.61. The third-order valence-electron chi connectivity index (χ3n) is 5.23. The van der Waals surface area contributed by atoms with E-state index in [1.165, 1.54) is 11.3 Å². The molecule has 2 aliphatic heterocycles. The number of benzene rings is 1. The van der Waals surface area contributed by atoms with Gasteiger partial charge in [-0.15, -0.1) is 17.9 Å². The van der Waals surface area contributed by atoms with Gasteiger partial charge in [0, 0.05) is 23.4 Å². The fourth-order valence-electron chi connectivity index (χ4n) is 3.79. The van der Waals surface area contributed by atoms with Crippen molar-refractivity contribution in [2.24, 2.45) is 0 Å². The lowest BCUT2D eigenvalue weighted by molar-refractivity contribution is -0.139. The number of hydrogen-bond donors (Lipinski definition) is 1. The van der Waals surface area contributed by atoms with Gasteiger partial charge in [-0.05, 0) is 34.1 Å². The van der Waals surface area contributed by atoms with Gasteiger partial charge in [0.1, 0.15) is 12.3 Å². The molecule has 1 saturated heterocycles. The predicted molar refractivity (Wildman–Crippen MR) is 116 cm³/mol. The molecule has 0 aliphatic carbocycles. The van der Waals surface area contributed by atoms with Crippen molar-refractivity contribution in [3.05, 3.63) is 63.3 Å². The number of carbonyl (C=O) groups is 3. The molecule has 1 fully saturated rings. The molecule has 30 heavy (non-hydrogen) atoms. The lowest BCUT2D eigenvalue weighted by atomic mass is 9.84. The van der Waals surface area contributed by atoms with E-state index in [4.69, 9.17) is 4.74 Å². The average Bonchev–Trinajstić information content (AvgIpc) is 3.24. The van der Waals surface area contributed by atoms with Gasteiger partial charge in [-0.2, -0.15) is 0 Å². The lowest BCUT2D eigenvalue weighted by Crippen LogP contribution is -2.48. The van der Waals surface area contributed by atoms with E-state index < -0.39 is 17.5 Å². The molecule has 0 saturated carbocycles. The van der Waals surface area contributed by atoms with Crippen LogP contribution >= 0.6 is 27.3 Å². The van der Waals surface area contributed by atoms with E-state index >= 15 is 0 Å². The number of nitrogens with one attached hydrogen (secondary N) is 1. The third kappa shape index (κ3) is 3.63. The van der Waals surface area contributed by atoms with E-state index in [1.807, 2.05) is 18.2 Å². The fraction of sp³-hybridized carbons (Fsp3) is 0.286. The number of rotatable bonds is 6. The third-order valence-corrected chi connectivity index (χ3v) is 6.84. The summed E-state index contributed by atoms with van der Waals surface area (Å²) in [5.74, 6) is -0.170. The average molecular weight is 490 g/mol. The summed E-state index contributed by atoms with van der Waals surface area (Å²) in [6, 6.07) is 10.4. The van der Waals surface area contributed by atoms with Crippen LogP contribution in [-0.2, 0) is 21.7 Å². The molecule has 1 N–H and O–H groups in total. The van der Waals surface area contributed by atoms with Gasteiger partial charge in [0.05, 0.1) is 16.9 Å². The number of hydrogen-bond acceptors (Lipinski definition) is 5. The first-order valence-electron chi connectivity index (χ1n) is 9.44. The lowest BCUT2D eigenvalue weighted by Gasteiger charge is -2.33. The van der Waals surface area contributed by atoms with E-state index in [-0.39, 0.29) is 12.5 Å². The minimum absolute atomic E-state index is 0.306. The molecule has 4 amide bonds. The van der Waals surface area contributed by atoms with E-state index in [0.717, 1.165) is 13.6 Å². The number of imide groups is 1. The number of fused-ring (bicyclic) bond motifs is 2. The Bertz CT molecular complexity index is 1020. The minimum atomic E-state index is -1.19. The Morgan fingerprint density at radius 3 is 2.87 bits per heavy atom. The van der Waals surface area contributed by atoms with Crippen LogP contribution < -0.4 is 10.1 Å². The molecule has 4 rings (SSSR count). The summed E-state index contributed by atoms with van der Waals surface area (Å²) in [6.07, 6.45) is 1.95. The molecular weight excluding hydrogens is 470 g/mol. The molecular formula is C21H20BrN3O4S. The maximum atomic E-state index is 13.3. The zero-order chi connectivity index (χ0) is 21.3. The normalized spacial score (nSPS) is 20.0. The Morgan fingerprint density at radius 2 is 2.13 bits per heavy atom. The SMILES string of the molecule is C=CCN(Cc1ccc(Br)s1)C(=O)CN1C(=O)N[C@@]2(CCOc3ccccc32)C1=O. The fourth-order valence-corrected chi connectivity index (χ4v) is 5.28. The van der Waals surface area contributed by atoms with Crippen LogP contribution in [0.1, 0.15) is 16.9 Å². The molecule has 7 nitrogen and oxygen atoms in total. The van der Waals surface area contributed by atoms with Gasteiger partial charge in [-0.25, -0.2) is 4.79 Å². The van der Waals surface area contributed by atoms with Crippen molar-refractivity contribution in [2.45, 2.75) is 18.5 Å². The van der Waals surface area contributed by atoms with Crippen molar-refractivity contribution in [1.29, 1.82) is 0 Å². The molecule has 2 aromatic rings. The molecule has 0 radical (unpaired) electrons. The van der Waals surface area contributed by atoms with Crippen LogP contribution in [0.3, 0.4) is 0 Å². The van der Waals surface area contributed by atoms with Crippen molar-refractivity contribution in [2.75, 3.05) is 19.7 Å². The number of para-hydroxylation sites is 1.